The van der Waals surface area contributed by atoms with Gasteiger partial charge in [-0.25, -0.2) is 8.42 Å². The summed E-state index contributed by atoms with van der Waals surface area (Å²) in [5, 5.41) is 0. The highest BCUT2D eigenvalue weighted by molar-refractivity contribution is 7.92. The first-order valence-electron chi connectivity index (χ1n) is 6.11. The molecule has 0 radical (unpaired) electrons. The van der Waals surface area contributed by atoms with Crippen LogP contribution in [0.1, 0.15) is 12.5 Å². The van der Waals surface area contributed by atoms with Crippen LogP contribution in [0.4, 0.5) is 11.4 Å². The molecule has 7 nitrogen and oxygen atoms in total. The van der Waals surface area contributed by atoms with Crippen LogP contribution in [0.25, 0.3) is 0 Å². The Morgan fingerprint density at radius 1 is 1.25 bits per heavy atom. The summed E-state index contributed by atoms with van der Waals surface area (Å²) in [7, 11) is -6.87. The van der Waals surface area contributed by atoms with Crippen molar-refractivity contribution in [2.75, 3.05) is 28.4 Å². The van der Waals surface area contributed by atoms with Gasteiger partial charge in [0.25, 0.3) is 10.2 Å². The van der Waals surface area contributed by atoms with E-state index in [9.17, 15) is 16.8 Å². The van der Waals surface area contributed by atoms with E-state index < -0.39 is 20.2 Å². The lowest BCUT2D eigenvalue weighted by atomic mass is 10.1. The molecule has 0 amide bonds. The molecule has 0 aromatic heterocycles. The third-order valence-electron chi connectivity index (χ3n) is 2.92. The first-order chi connectivity index (χ1) is 9.23. The van der Waals surface area contributed by atoms with Crippen LogP contribution >= 0.6 is 0 Å². The molecule has 1 aliphatic heterocycles. The molecular formula is C11H17N3O4S2. The fourth-order valence-corrected chi connectivity index (χ4v) is 4.01. The molecule has 1 aromatic carbocycles. The maximum Gasteiger partial charge on any atom is 0.299 e. The summed E-state index contributed by atoms with van der Waals surface area (Å²) < 4.78 is 52.4. The van der Waals surface area contributed by atoms with E-state index in [0.29, 0.717) is 30.9 Å². The van der Waals surface area contributed by atoms with Crippen molar-refractivity contribution >= 4 is 31.6 Å². The van der Waals surface area contributed by atoms with E-state index in [4.69, 9.17) is 0 Å². The fourth-order valence-electron chi connectivity index (χ4n) is 2.16. The normalized spacial score (nSPS) is 15.2. The van der Waals surface area contributed by atoms with Gasteiger partial charge in [-0.1, -0.05) is 6.92 Å². The number of fused-ring (bicyclic) bond motifs is 1. The number of rotatable bonds is 5. The van der Waals surface area contributed by atoms with Crippen LogP contribution < -0.4 is 13.7 Å². The van der Waals surface area contributed by atoms with Gasteiger partial charge in [0.15, 0.2) is 0 Å². The van der Waals surface area contributed by atoms with Gasteiger partial charge < -0.3 is 0 Å². The SMILES string of the molecule is CCNS(=O)(=O)Nc1ccc2c(c1)CCN2S(C)(=O)=O. The minimum absolute atomic E-state index is 0.294. The standard InChI is InChI=1S/C11H17N3O4S2/c1-3-12-20(17,18)13-10-4-5-11-9(8-10)6-7-14(11)19(2,15)16/h4-5,8,12-13H,3,6-7H2,1-2H3. The van der Waals surface area contributed by atoms with Crippen molar-refractivity contribution in [1.29, 1.82) is 0 Å². The highest BCUT2D eigenvalue weighted by Gasteiger charge is 2.26. The summed E-state index contributed by atoms with van der Waals surface area (Å²) in [6, 6.07) is 4.83. The van der Waals surface area contributed by atoms with Gasteiger partial charge in [-0.2, -0.15) is 13.1 Å². The summed E-state index contributed by atoms with van der Waals surface area (Å²) in [4.78, 5) is 0. The highest BCUT2D eigenvalue weighted by atomic mass is 32.2. The Morgan fingerprint density at radius 3 is 2.55 bits per heavy atom. The molecule has 1 aliphatic rings. The highest BCUT2D eigenvalue weighted by Crippen LogP contribution is 2.32. The van der Waals surface area contributed by atoms with Crippen LogP contribution in [-0.2, 0) is 26.7 Å². The Bertz CT molecular complexity index is 713. The number of hydrogen-bond acceptors (Lipinski definition) is 4. The second-order valence-corrected chi connectivity index (χ2v) is 7.94. The Morgan fingerprint density at radius 2 is 1.95 bits per heavy atom. The first kappa shape index (κ1) is 15.1. The van der Waals surface area contributed by atoms with Crippen molar-refractivity contribution < 1.29 is 16.8 Å². The summed E-state index contributed by atoms with van der Waals surface area (Å²) in [5.41, 5.74) is 1.84. The number of nitrogens with zero attached hydrogens (tertiary/aromatic N) is 1. The van der Waals surface area contributed by atoms with E-state index in [-0.39, 0.29) is 0 Å². The molecule has 0 bridgehead atoms. The maximum atomic E-state index is 11.6. The molecule has 0 saturated carbocycles. The van der Waals surface area contributed by atoms with Gasteiger partial charge >= 0.3 is 0 Å². The van der Waals surface area contributed by atoms with E-state index in [1.807, 2.05) is 0 Å². The van der Waals surface area contributed by atoms with Gasteiger partial charge in [-0.05, 0) is 30.2 Å². The molecule has 0 saturated heterocycles. The number of nitrogens with one attached hydrogen (secondary N) is 2. The Balaban J connectivity index is 2.27. The smallest absolute Gasteiger partial charge is 0.271 e. The lowest BCUT2D eigenvalue weighted by Gasteiger charge is -2.16. The lowest BCUT2D eigenvalue weighted by Crippen LogP contribution is -2.29. The van der Waals surface area contributed by atoms with Crippen LogP contribution in [0.3, 0.4) is 0 Å². The number of anilines is 2. The molecule has 0 fully saturated rings. The maximum absolute atomic E-state index is 11.6. The third-order valence-corrected chi connectivity index (χ3v) is 5.27. The van der Waals surface area contributed by atoms with Crippen molar-refractivity contribution in [3.63, 3.8) is 0 Å². The van der Waals surface area contributed by atoms with Gasteiger partial charge in [0, 0.05) is 13.1 Å². The second kappa shape index (κ2) is 5.23. The van der Waals surface area contributed by atoms with Crippen molar-refractivity contribution in [2.45, 2.75) is 13.3 Å². The number of sulfonamides is 1. The van der Waals surface area contributed by atoms with E-state index in [0.717, 1.165) is 11.8 Å². The van der Waals surface area contributed by atoms with Crippen LogP contribution in [0, 0.1) is 0 Å². The summed E-state index contributed by atoms with van der Waals surface area (Å²) in [6.07, 6.45) is 1.73. The molecule has 0 spiro atoms. The van der Waals surface area contributed by atoms with Gasteiger partial charge in [0.1, 0.15) is 0 Å². The van der Waals surface area contributed by atoms with E-state index >= 15 is 0 Å². The van der Waals surface area contributed by atoms with Gasteiger partial charge in [0.05, 0.1) is 17.6 Å². The molecule has 1 heterocycles. The quantitative estimate of drug-likeness (QED) is 0.814. The Labute approximate surface area is 119 Å². The van der Waals surface area contributed by atoms with Crippen LogP contribution in [0.15, 0.2) is 18.2 Å². The monoisotopic (exact) mass is 319 g/mol. The zero-order chi connectivity index (χ0) is 15.0. The molecular weight excluding hydrogens is 302 g/mol. The second-order valence-electron chi connectivity index (χ2n) is 4.53. The molecule has 0 atom stereocenters. The van der Waals surface area contributed by atoms with Crippen molar-refractivity contribution in [2.24, 2.45) is 0 Å². The predicted molar refractivity (Wildman–Crippen MR) is 78.6 cm³/mol. The average Bonchev–Trinajstić information content (AvgIpc) is 2.70. The fraction of sp³-hybridized carbons (Fsp3) is 0.455. The zero-order valence-corrected chi connectivity index (χ0v) is 12.9. The topological polar surface area (TPSA) is 95.6 Å². The summed E-state index contributed by atoms with van der Waals surface area (Å²) >= 11 is 0. The molecule has 2 N–H and O–H groups in total. The number of benzene rings is 1. The molecule has 0 aliphatic carbocycles. The minimum Gasteiger partial charge on any atom is -0.271 e. The van der Waals surface area contributed by atoms with E-state index in [1.54, 1.807) is 25.1 Å². The van der Waals surface area contributed by atoms with Gasteiger partial charge in [0.2, 0.25) is 10.0 Å². The van der Waals surface area contributed by atoms with Crippen molar-refractivity contribution in [3.05, 3.63) is 23.8 Å². The minimum atomic E-state index is -3.58. The zero-order valence-electron chi connectivity index (χ0n) is 11.3. The number of hydrogen-bond donors (Lipinski definition) is 2. The largest absolute Gasteiger partial charge is 0.299 e. The van der Waals surface area contributed by atoms with Crippen LogP contribution in [0.5, 0.6) is 0 Å². The molecule has 9 heteroatoms. The molecule has 0 unspecified atom stereocenters. The Kier molecular flexibility index (Phi) is 3.94. The first-order valence-corrected chi connectivity index (χ1v) is 9.44. The molecule has 2 rings (SSSR count). The van der Waals surface area contributed by atoms with Gasteiger partial charge in [-0.3, -0.25) is 9.03 Å². The average molecular weight is 319 g/mol. The molecule has 1 aromatic rings. The van der Waals surface area contributed by atoms with Crippen LogP contribution in [-0.4, -0.2) is 36.2 Å². The van der Waals surface area contributed by atoms with Crippen LogP contribution in [0.2, 0.25) is 0 Å². The third kappa shape index (κ3) is 3.22. The summed E-state index contributed by atoms with van der Waals surface area (Å²) in [5.74, 6) is 0. The van der Waals surface area contributed by atoms with E-state index in [2.05, 4.69) is 9.44 Å². The Hall–Kier alpha value is -1.32. The van der Waals surface area contributed by atoms with Crippen molar-refractivity contribution in [1.82, 2.24) is 4.72 Å². The summed E-state index contributed by atoms with van der Waals surface area (Å²) in [6.45, 7) is 2.37. The van der Waals surface area contributed by atoms with E-state index in [1.165, 1.54) is 4.31 Å². The molecule has 20 heavy (non-hydrogen) atoms. The van der Waals surface area contributed by atoms with Crippen molar-refractivity contribution in [3.8, 4) is 0 Å². The lowest BCUT2D eigenvalue weighted by molar-refractivity contribution is 0.589. The van der Waals surface area contributed by atoms with Gasteiger partial charge in [-0.15, -0.1) is 0 Å². The predicted octanol–water partition coefficient (Wildman–Crippen LogP) is 0.275. The molecule has 112 valence electrons.